The molecular weight excluding hydrogens is 927 g/mol. The molecule has 0 bridgehead atoms. The molecular formula is C48H52ClN6NaO9S2-2. The molecule has 6 rings (SSSR count). The van der Waals surface area contributed by atoms with Crippen molar-refractivity contribution >= 4 is 93.5 Å². The average Bonchev–Trinajstić information content (AvgIpc) is 3.77. The van der Waals surface area contributed by atoms with Crippen LogP contribution in [0.15, 0.2) is 95.8 Å². The molecule has 0 aliphatic carbocycles. The van der Waals surface area contributed by atoms with Crippen molar-refractivity contribution in [1.82, 2.24) is 18.8 Å². The topological polar surface area (TPSA) is 201 Å². The monoisotopic (exact) mass is 978 g/mol. The van der Waals surface area contributed by atoms with Crippen molar-refractivity contribution in [3.05, 3.63) is 142 Å². The van der Waals surface area contributed by atoms with Crippen molar-refractivity contribution in [2.24, 2.45) is 7.05 Å². The standard InChI is InChI=1S/C34H40N6O4S.C13H8ClO4S.CH4O.Na/c1-7-39(34(3,4)5)45-21-24-9-8-10-27(19-24)37-32(43)25-12-14-26(15-13-25)36-28-16-17-29-30(20-28)38(6)33(44)40(29)23(2)11-18-31(42)35-22-41;14-9-10(18-7-6-15)12(13(16)17)19-11(9)8-4-2-1-3-5-8;1-2;/h8-10,12-17,19-20,22-23,36H,1,3,7,11,18,21H2,2,4-6H3,(H,37,43)(H,35,41,42);1-2,4-6H,7H2,(H,16,17);2H,1H3;/q-2;-1;;+1. The average molecular weight is 980 g/mol. The summed E-state index contributed by atoms with van der Waals surface area (Å²) < 4.78 is 10.5. The number of fused-ring (bicyclic) bond motifs is 1. The number of nitrogens with one attached hydrogen (secondary N) is 3. The molecule has 1 atom stereocenters. The number of aryl methyl sites for hydroxylation is 1. The van der Waals surface area contributed by atoms with E-state index >= 15 is 0 Å². The number of rotatable bonds is 19. The summed E-state index contributed by atoms with van der Waals surface area (Å²) in [6.07, 6.45) is 1.44. The first-order valence-corrected chi connectivity index (χ1v) is 22.5. The minimum absolute atomic E-state index is 0. The van der Waals surface area contributed by atoms with Crippen molar-refractivity contribution in [3.8, 4) is 16.2 Å². The van der Waals surface area contributed by atoms with E-state index in [1.54, 1.807) is 64.5 Å². The number of halogens is 1. The van der Waals surface area contributed by atoms with Crippen molar-refractivity contribution in [3.63, 3.8) is 0 Å². The fourth-order valence-corrected chi connectivity index (χ4v) is 8.85. The number of imidazole rings is 1. The van der Waals surface area contributed by atoms with Crippen molar-refractivity contribution in [1.29, 1.82) is 0 Å². The first kappa shape index (κ1) is 56.1. The number of aldehydes is 1. The van der Waals surface area contributed by atoms with Gasteiger partial charge in [0.15, 0.2) is 16.9 Å². The number of carbonyl (C=O) groups is 5. The molecule has 6 aromatic rings. The van der Waals surface area contributed by atoms with Gasteiger partial charge in [-0.3, -0.25) is 33.6 Å². The number of nitrogens with zero attached hydrogens (tertiary/aromatic N) is 3. The van der Waals surface area contributed by atoms with E-state index in [1.165, 1.54) is 0 Å². The second-order valence-corrected chi connectivity index (χ2v) is 17.4. The van der Waals surface area contributed by atoms with Gasteiger partial charge in [0.25, 0.3) is 5.91 Å². The van der Waals surface area contributed by atoms with Crippen LogP contribution in [0.25, 0.3) is 21.5 Å². The van der Waals surface area contributed by atoms with E-state index in [0.717, 1.165) is 63.4 Å². The molecule has 0 saturated heterocycles. The van der Waals surface area contributed by atoms with E-state index in [4.69, 9.17) is 26.6 Å². The van der Waals surface area contributed by atoms with E-state index < -0.39 is 5.97 Å². The Kier molecular flexibility index (Phi) is 22.5. The second-order valence-electron chi connectivity index (χ2n) is 15.0. The predicted octanol–water partition coefficient (Wildman–Crippen LogP) is 5.60. The summed E-state index contributed by atoms with van der Waals surface area (Å²) in [6.45, 7) is 14.6. The number of aliphatic hydroxyl groups is 1. The minimum atomic E-state index is -1.14. The Balaban J connectivity index is 0.000000451. The van der Waals surface area contributed by atoms with Crippen LogP contribution in [0.2, 0.25) is 5.02 Å². The van der Waals surface area contributed by atoms with Gasteiger partial charge < -0.3 is 43.7 Å². The van der Waals surface area contributed by atoms with Crippen LogP contribution in [0.3, 0.4) is 0 Å². The van der Waals surface area contributed by atoms with E-state index in [9.17, 15) is 28.8 Å². The Morgan fingerprint density at radius 2 is 1.72 bits per heavy atom. The zero-order chi connectivity index (χ0) is 48.6. The Labute approximate surface area is 425 Å². The van der Waals surface area contributed by atoms with Gasteiger partial charge in [0.1, 0.15) is 6.61 Å². The molecule has 15 nitrogen and oxygen atoms in total. The van der Waals surface area contributed by atoms with Crippen molar-refractivity contribution in [2.75, 3.05) is 30.9 Å². The number of anilines is 3. The maximum atomic E-state index is 13.0. The number of ether oxygens (including phenoxy) is 1. The van der Waals surface area contributed by atoms with Gasteiger partial charge in [-0.05, 0) is 73.5 Å². The Morgan fingerprint density at radius 3 is 2.33 bits per heavy atom. The molecule has 4 aromatic carbocycles. The summed E-state index contributed by atoms with van der Waals surface area (Å²) in [5.41, 5.74) is 5.70. The van der Waals surface area contributed by atoms with Gasteiger partial charge in [-0.25, -0.2) is 9.59 Å². The number of hydrogen-bond donors (Lipinski definition) is 5. The van der Waals surface area contributed by atoms with Crippen molar-refractivity contribution in [2.45, 2.75) is 50.9 Å². The fourth-order valence-electron chi connectivity index (χ4n) is 6.49. The number of amides is 3. The van der Waals surface area contributed by atoms with Gasteiger partial charge in [0.2, 0.25) is 12.3 Å². The number of carboxylic acid groups (broad SMARTS) is 1. The first-order chi connectivity index (χ1) is 31.6. The summed E-state index contributed by atoms with van der Waals surface area (Å²) in [5, 5.41) is 24.8. The molecule has 2 aromatic heterocycles. The number of aliphatic hydroxyl groups excluding tert-OH is 1. The molecule has 0 radical (unpaired) electrons. The van der Waals surface area contributed by atoms with E-state index in [1.807, 2.05) is 61.5 Å². The number of imide groups is 1. The predicted molar refractivity (Wildman–Crippen MR) is 263 cm³/mol. The van der Waals surface area contributed by atoms with Gasteiger partial charge in [-0.1, -0.05) is 49.5 Å². The number of aromatic carboxylic acids is 1. The molecule has 0 fully saturated rings. The minimum Gasteiger partial charge on any atom is -0.483 e. The summed E-state index contributed by atoms with van der Waals surface area (Å²) in [7, 11) is 2.71. The van der Waals surface area contributed by atoms with Gasteiger partial charge >= 0.3 is 41.2 Å². The molecule has 0 aliphatic heterocycles. The summed E-state index contributed by atoms with van der Waals surface area (Å²) >= 11 is 8.81. The smallest absolute Gasteiger partial charge is 0.483 e. The van der Waals surface area contributed by atoms with Crippen LogP contribution < -0.4 is 55.9 Å². The summed E-state index contributed by atoms with van der Waals surface area (Å²) in [4.78, 5) is 70.3. The van der Waals surface area contributed by atoms with Crippen molar-refractivity contribution < 1.29 is 68.5 Å². The molecule has 3 amide bonds. The van der Waals surface area contributed by atoms with Crippen LogP contribution in [-0.4, -0.2) is 79.9 Å². The van der Waals surface area contributed by atoms with E-state index in [2.05, 4.69) is 54.0 Å². The van der Waals surface area contributed by atoms with Crippen LogP contribution in [0, 0.1) is 19.9 Å². The van der Waals surface area contributed by atoms with Gasteiger partial charge in [-0.15, -0.1) is 29.0 Å². The zero-order valence-corrected chi connectivity index (χ0v) is 42.5. The fraction of sp³-hybridized carbons (Fsp3) is 0.250. The van der Waals surface area contributed by atoms with E-state index in [0.29, 0.717) is 36.1 Å². The number of benzene rings is 4. The largest absolute Gasteiger partial charge is 1.00 e. The molecule has 67 heavy (non-hydrogen) atoms. The summed E-state index contributed by atoms with van der Waals surface area (Å²) in [5.74, 6) is -0.955. The summed E-state index contributed by atoms with van der Waals surface area (Å²) in [6, 6.07) is 30.3. The van der Waals surface area contributed by atoms with Crippen LogP contribution in [0.5, 0.6) is 5.75 Å². The number of carbonyl (C=O) groups excluding carboxylic acids is 4. The molecule has 19 heteroatoms. The van der Waals surface area contributed by atoms with Crippen LogP contribution in [-0.2, 0) is 27.2 Å². The van der Waals surface area contributed by atoms with Crippen LogP contribution >= 0.6 is 34.9 Å². The molecule has 1 unspecified atom stereocenters. The number of thiophene rings is 1. The number of hydrogen-bond acceptors (Lipinski definition) is 12. The zero-order valence-electron chi connectivity index (χ0n) is 38.1. The Bertz CT molecular complexity index is 2670. The van der Waals surface area contributed by atoms with Crippen LogP contribution in [0.1, 0.15) is 65.2 Å². The SMILES string of the molecule is CO.O=CCOc1c(C(=O)O)sc(-c2c[c-]ccc2)c1Cl.[CH2-]CN(SCc1cccc(NC(=O)c2ccc(Nc3ccc4c(c3)n(C)c(=O)n4C(C)CCC(=O)NC=O)cc2)c1)C([CH2-])(C)C.[Na+]. The van der Waals surface area contributed by atoms with Gasteiger partial charge in [0, 0.05) is 59.9 Å². The van der Waals surface area contributed by atoms with Gasteiger partial charge in [0.05, 0.1) is 16.1 Å². The number of carboxylic acids is 1. The Hall–Kier alpha value is -5.24. The quantitative estimate of drug-likeness (QED) is 0.0292. The molecule has 2 heterocycles. The molecule has 0 saturated carbocycles. The second kappa shape index (κ2) is 26.9. The first-order valence-electron chi connectivity index (χ1n) is 20.4. The normalized spacial score (nSPS) is 11.2. The van der Waals surface area contributed by atoms with Crippen LogP contribution in [0.4, 0.5) is 17.1 Å². The molecule has 0 aliphatic rings. The van der Waals surface area contributed by atoms with E-state index in [-0.39, 0.29) is 87.3 Å². The molecule has 5 N–H and O–H groups in total. The molecule has 0 spiro atoms. The molecule has 350 valence electrons. The maximum absolute atomic E-state index is 13.0. The van der Waals surface area contributed by atoms with Gasteiger partial charge in [-0.2, -0.15) is 30.3 Å². The third-order valence-corrected chi connectivity index (χ3v) is 12.8. The third-order valence-electron chi connectivity index (χ3n) is 9.69. The number of aromatic nitrogens is 2. The maximum Gasteiger partial charge on any atom is 1.00 e. The Morgan fingerprint density at radius 1 is 1.01 bits per heavy atom. The third kappa shape index (κ3) is 15.4.